The molecule has 3 heterocycles. The molecule has 132 valence electrons. The number of fused-ring (bicyclic) bond motifs is 1. The third-order valence-electron chi connectivity index (χ3n) is 3.87. The number of imidazole rings is 1. The zero-order chi connectivity index (χ0) is 17.8. The second-order valence-corrected chi connectivity index (χ2v) is 7.40. The predicted molar refractivity (Wildman–Crippen MR) is 99.6 cm³/mol. The van der Waals surface area contributed by atoms with Crippen LogP contribution in [0.2, 0.25) is 0 Å². The summed E-state index contributed by atoms with van der Waals surface area (Å²) in [5, 5.41) is 5.19. The highest BCUT2D eigenvalue weighted by atomic mass is 32.1. The Labute approximate surface area is 150 Å². The average Bonchev–Trinajstić information content (AvgIpc) is 3.24. The van der Waals surface area contributed by atoms with Gasteiger partial charge >= 0.3 is 0 Å². The molecule has 3 aromatic heterocycles. The van der Waals surface area contributed by atoms with Crippen LogP contribution in [0.1, 0.15) is 31.2 Å². The molecule has 0 radical (unpaired) electrons. The first-order chi connectivity index (χ1) is 12.0. The molecule has 1 unspecified atom stereocenters. The molecule has 2 N–H and O–H groups in total. The van der Waals surface area contributed by atoms with Gasteiger partial charge in [0.15, 0.2) is 11.5 Å². The zero-order valence-electron chi connectivity index (χ0n) is 14.6. The molecule has 1 atom stereocenters. The Morgan fingerprint density at radius 1 is 1.36 bits per heavy atom. The van der Waals surface area contributed by atoms with Gasteiger partial charge in [-0.2, -0.15) is 0 Å². The first kappa shape index (κ1) is 17.3. The molecule has 0 aromatic carbocycles. The Morgan fingerprint density at radius 2 is 2.20 bits per heavy atom. The molecule has 0 aliphatic rings. The van der Waals surface area contributed by atoms with Gasteiger partial charge in [0.2, 0.25) is 5.91 Å². The van der Waals surface area contributed by atoms with Crippen LogP contribution < -0.4 is 10.2 Å². The average molecular weight is 358 g/mol. The van der Waals surface area contributed by atoms with Gasteiger partial charge in [0.25, 0.3) is 0 Å². The number of nitrogens with zero attached hydrogens (tertiary/aromatic N) is 4. The standard InChI is InChI=1S/C17H22N6OS/c1-11(2)7-12(13-5-4-6-25-13)22-14(24)8-23(3)17-15-16(19-9-18-15)20-10-21-17/h4-6,9-12H,7-8H2,1-3H3,(H,22,24)(H,18,19,20,21). The van der Waals surface area contributed by atoms with Crippen LogP contribution in [0.15, 0.2) is 30.2 Å². The van der Waals surface area contributed by atoms with Crippen molar-refractivity contribution in [2.24, 2.45) is 5.92 Å². The number of rotatable bonds is 7. The number of amides is 1. The number of aromatic amines is 1. The van der Waals surface area contributed by atoms with Crippen molar-refractivity contribution in [2.45, 2.75) is 26.3 Å². The zero-order valence-corrected chi connectivity index (χ0v) is 15.4. The number of hydrogen-bond acceptors (Lipinski definition) is 6. The third kappa shape index (κ3) is 4.14. The number of nitrogens with one attached hydrogen (secondary N) is 2. The minimum Gasteiger partial charge on any atom is -0.348 e. The first-order valence-electron chi connectivity index (χ1n) is 8.22. The Kier molecular flexibility index (Phi) is 5.28. The predicted octanol–water partition coefficient (Wildman–Crippen LogP) is 2.75. The van der Waals surface area contributed by atoms with Gasteiger partial charge in [-0.1, -0.05) is 19.9 Å². The fraction of sp³-hybridized carbons (Fsp3) is 0.412. The molecule has 0 saturated carbocycles. The van der Waals surface area contributed by atoms with E-state index in [9.17, 15) is 4.79 Å². The summed E-state index contributed by atoms with van der Waals surface area (Å²) in [4.78, 5) is 31.1. The molecule has 7 nitrogen and oxygen atoms in total. The lowest BCUT2D eigenvalue weighted by Crippen LogP contribution is -2.38. The van der Waals surface area contributed by atoms with Gasteiger partial charge in [-0.25, -0.2) is 15.0 Å². The lowest BCUT2D eigenvalue weighted by atomic mass is 10.0. The number of thiophene rings is 1. The highest BCUT2D eigenvalue weighted by molar-refractivity contribution is 7.10. The quantitative estimate of drug-likeness (QED) is 0.678. The van der Waals surface area contributed by atoms with Crippen LogP contribution in [0.5, 0.6) is 0 Å². The molecular formula is C17H22N6OS. The van der Waals surface area contributed by atoms with Gasteiger partial charge in [0.1, 0.15) is 11.8 Å². The maximum atomic E-state index is 12.6. The van der Waals surface area contributed by atoms with E-state index in [1.54, 1.807) is 22.6 Å². The number of H-pyrrole nitrogens is 1. The highest BCUT2D eigenvalue weighted by Crippen LogP contribution is 2.25. The van der Waals surface area contributed by atoms with E-state index in [-0.39, 0.29) is 18.5 Å². The number of carbonyl (C=O) groups excluding carboxylic acids is 1. The summed E-state index contributed by atoms with van der Waals surface area (Å²) in [5.41, 5.74) is 1.32. The van der Waals surface area contributed by atoms with Gasteiger partial charge < -0.3 is 15.2 Å². The Morgan fingerprint density at radius 3 is 2.92 bits per heavy atom. The van der Waals surface area contributed by atoms with Crippen LogP contribution in [0.3, 0.4) is 0 Å². The molecule has 0 saturated heterocycles. The number of hydrogen-bond donors (Lipinski definition) is 2. The molecule has 3 aromatic rings. The lowest BCUT2D eigenvalue weighted by Gasteiger charge is -2.22. The van der Waals surface area contributed by atoms with E-state index >= 15 is 0 Å². The molecular weight excluding hydrogens is 336 g/mol. The monoisotopic (exact) mass is 358 g/mol. The molecule has 1 amide bonds. The molecule has 3 rings (SSSR count). The molecule has 8 heteroatoms. The van der Waals surface area contributed by atoms with Gasteiger partial charge in [0.05, 0.1) is 18.9 Å². The third-order valence-corrected chi connectivity index (χ3v) is 4.86. The van der Waals surface area contributed by atoms with Crippen LogP contribution in [-0.2, 0) is 4.79 Å². The molecule has 0 aliphatic heterocycles. The van der Waals surface area contributed by atoms with Crippen molar-refractivity contribution in [2.75, 3.05) is 18.5 Å². The maximum absolute atomic E-state index is 12.6. The molecule has 0 bridgehead atoms. The van der Waals surface area contributed by atoms with Crippen LogP contribution in [0.4, 0.5) is 5.82 Å². The van der Waals surface area contributed by atoms with Crippen molar-refractivity contribution < 1.29 is 4.79 Å². The minimum absolute atomic E-state index is 0.0344. The largest absolute Gasteiger partial charge is 0.348 e. The summed E-state index contributed by atoms with van der Waals surface area (Å²) in [5.74, 6) is 1.12. The van der Waals surface area contributed by atoms with Gasteiger partial charge in [-0.15, -0.1) is 11.3 Å². The van der Waals surface area contributed by atoms with Gasteiger partial charge in [0, 0.05) is 11.9 Å². The Bertz CT molecular complexity index is 829. The first-order valence-corrected chi connectivity index (χ1v) is 9.10. The number of likely N-dealkylation sites (N-methyl/N-ethyl adjacent to an activating group) is 1. The summed E-state index contributed by atoms with van der Waals surface area (Å²) in [6, 6.07) is 4.13. The second-order valence-electron chi connectivity index (χ2n) is 6.42. The lowest BCUT2D eigenvalue weighted by molar-refractivity contribution is -0.120. The van der Waals surface area contributed by atoms with Crippen LogP contribution >= 0.6 is 11.3 Å². The van der Waals surface area contributed by atoms with Crippen LogP contribution in [0.25, 0.3) is 11.2 Å². The molecule has 0 fully saturated rings. The molecule has 0 aliphatic carbocycles. The smallest absolute Gasteiger partial charge is 0.240 e. The van der Waals surface area contributed by atoms with Crippen molar-refractivity contribution in [3.05, 3.63) is 35.0 Å². The summed E-state index contributed by atoms with van der Waals surface area (Å²) >= 11 is 1.67. The fourth-order valence-corrected chi connectivity index (χ4v) is 3.57. The van der Waals surface area contributed by atoms with E-state index in [2.05, 4.69) is 45.2 Å². The number of carbonyl (C=O) groups is 1. The summed E-state index contributed by atoms with van der Waals surface area (Å²) in [6.07, 6.45) is 3.95. The summed E-state index contributed by atoms with van der Waals surface area (Å²) in [7, 11) is 1.84. The molecule has 0 spiro atoms. The van der Waals surface area contributed by atoms with Crippen LogP contribution in [0, 0.1) is 5.92 Å². The van der Waals surface area contributed by atoms with E-state index in [1.165, 1.54) is 11.2 Å². The Hall–Kier alpha value is -2.48. The van der Waals surface area contributed by atoms with E-state index < -0.39 is 0 Å². The van der Waals surface area contributed by atoms with Gasteiger partial charge in [-0.05, 0) is 23.8 Å². The SMILES string of the molecule is CC(C)CC(NC(=O)CN(C)c1ncnc2nc[nH]c12)c1cccs1. The second kappa shape index (κ2) is 7.60. The molecule has 25 heavy (non-hydrogen) atoms. The van der Waals surface area contributed by atoms with Crippen molar-refractivity contribution in [1.29, 1.82) is 0 Å². The van der Waals surface area contributed by atoms with E-state index in [0.29, 0.717) is 17.4 Å². The fourth-order valence-electron chi connectivity index (χ4n) is 2.78. The summed E-state index contributed by atoms with van der Waals surface area (Å²) in [6.45, 7) is 4.54. The summed E-state index contributed by atoms with van der Waals surface area (Å²) < 4.78 is 0. The van der Waals surface area contributed by atoms with E-state index in [4.69, 9.17) is 0 Å². The van der Waals surface area contributed by atoms with E-state index in [1.807, 2.05) is 18.5 Å². The van der Waals surface area contributed by atoms with Crippen molar-refractivity contribution in [3.63, 3.8) is 0 Å². The maximum Gasteiger partial charge on any atom is 0.240 e. The van der Waals surface area contributed by atoms with Crippen LogP contribution in [-0.4, -0.2) is 39.4 Å². The highest BCUT2D eigenvalue weighted by Gasteiger charge is 2.19. The van der Waals surface area contributed by atoms with E-state index in [0.717, 1.165) is 11.9 Å². The van der Waals surface area contributed by atoms with Crippen molar-refractivity contribution >= 4 is 34.2 Å². The van der Waals surface area contributed by atoms with Crippen molar-refractivity contribution in [1.82, 2.24) is 25.3 Å². The number of anilines is 1. The van der Waals surface area contributed by atoms with Crippen molar-refractivity contribution in [3.8, 4) is 0 Å². The van der Waals surface area contributed by atoms with Gasteiger partial charge in [-0.3, -0.25) is 4.79 Å². The Balaban J connectivity index is 1.69. The topological polar surface area (TPSA) is 86.8 Å². The number of aromatic nitrogens is 4. The normalized spacial score (nSPS) is 12.5. The minimum atomic E-state index is -0.0344.